The molecule has 0 aromatic heterocycles. The predicted octanol–water partition coefficient (Wildman–Crippen LogP) is 11.9. The van der Waals surface area contributed by atoms with E-state index in [1.54, 1.807) is 0 Å². The Morgan fingerprint density at radius 1 is 0.426 bits per heavy atom. The molecule has 10 rings (SSSR count). The highest BCUT2D eigenvalue weighted by Crippen LogP contribution is 2.63. The summed E-state index contributed by atoms with van der Waals surface area (Å²) in [5.74, 6) is 0. The van der Waals surface area contributed by atoms with E-state index in [2.05, 4.69) is 170 Å². The van der Waals surface area contributed by atoms with Crippen molar-refractivity contribution in [3.05, 3.63) is 191 Å². The lowest BCUT2D eigenvalue weighted by Crippen LogP contribution is -2.26. The largest absolute Gasteiger partial charge is 0.310 e. The minimum atomic E-state index is -0.369. The van der Waals surface area contributed by atoms with E-state index in [0.717, 1.165) is 18.5 Å². The molecule has 4 aliphatic carbocycles. The smallest absolute Gasteiger partial charge is 0.0726 e. The quantitative estimate of drug-likeness (QED) is 0.195. The molecular weight excluding hydrogens is 567 g/mol. The van der Waals surface area contributed by atoms with Gasteiger partial charge in [0, 0.05) is 22.5 Å². The molecule has 1 heteroatoms. The van der Waals surface area contributed by atoms with Gasteiger partial charge in [-0.3, -0.25) is 0 Å². The number of benzene rings is 6. The summed E-state index contributed by atoms with van der Waals surface area (Å²) < 4.78 is 0. The molecule has 1 spiro atoms. The zero-order valence-corrected chi connectivity index (χ0v) is 26.8. The lowest BCUT2D eigenvalue weighted by Gasteiger charge is -2.32. The van der Waals surface area contributed by atoms with Gasteiger partial charge in [0.25, 0.3) is 0 Å². The fraction of sp³-hybridized carbons (Fsp3) is 0.130. The lowest BCUT2D eigenvalue weighted by molar-refractivity contribution is 0.654. The second kappa shape index (κ2) is 9.56. The first kappa shape index (κ1) is 26.8. The van der Waals surface area contributed by atoms with Crippen molar-refractivity contribution >= 4 is 22.6 Å². The van der Waals surface area contributed by atoms with Gasteiger partial charge in [0.15, 0.2) is 0 Å². The molecule has 0 unspecified atom stereocenters. The highest BCUT2D eigenvalue weighted by molar-refractivity contribution is 5.97. The first-order chi connectivity index (χ1) is 23.1. The zero-order valence-electron chi connectivity index (χ0n) is 26.8. The molecule has 4 aliphatic rings. The number of para-hydroxylation sites is 1. The fourth-order valence-electron chi connectivity index (χ4n) is 9.34. The van der Waals surface area contributed by atoms with Crippen LogP contribution < -0.4 is 4.90 Å². The van der Waals surface area contributed by atoms with Gasteiger partial charge in [-0.1, -0.05) is 129 Å². The Morgan fingerprint density at radius 3 is 1.53 bits per heavy atom. The summed E-state index contributed by atoms with van der Waals surface area (Å²) in [7, 11) is 0. The second-order valence-electron chi connectivity index (χ2n) is 14.0. The van der Waals surface area contributed by atoms with Gasteiger partial charge in [-0.25, -0.2) is 0 Å². The molecule has 0 saturated heterocycles. The van der Waals surface area contributed by atoms with Crippen LogP contribution in [0.3, 0.4) is 0 Å². The highest BCUT2D eigenvalue weighted by atomic mass is 15.1. The van der Waals surface area contributed by atoms with Crippen LogP contribution in [-0.4, -0.2) is 0 Å². The van der Waals surface area contributed by atoms with Crippen molar-refractivity contribution in [2.75, 3.05) is 4.90 Å². The predicted molar refractivity (Wildman–Crippen MR) is 196 cm³/mol. The normalized spacial score (nSPS) is 16.7. The van der Waals surface area contributed by atoms with Crippen molar-refractivity contribution in [3.63, 3.8) is 0 Å². The van der Waals surface area contributed by atoms with Gasteiger partial charge in [-0.05, 0) is 116 Å². The number of anilines is 3. The summed E-state index contributed by atoms with van der Waals surface area (Å²) in [6, 6.07) is 52.4. The summed E-state index contributed by atoms with van der Waals surface area (Å²) in [6.45, 7) is 4.79. The zero-order chi connectivity index (χ0) is 31.3. The first-order valence-electron chi connectivity index (χ1n) is 16.9. The minimum Gasteiger partial charge on any atom is -0.310 e. The van der Waals surface area contributed by atoms with Crippen LogP contribution in [0.4, 0.5) is 17.1 Å². The van der Waals surface area contributed by atoms with E-state index in [9.17, 15) is 0 Å². The summed E-state index contributed by atoms with van der Waals surface area (Å²) in [4.78, 5) is 2.46. The molecule has 224 valence electrons. The van der Waals surface area contributed by atoms with Crippen molar-refractivity contribution in [1.29, 1.82) is 0 Å². The van der Waals surface area contributed by atoms with Gasteiger partial charge in [0.1, 0.15) is 0 Å². The summed E-state index contributed by atoms with van der Waals surface area (Å²) >= 11 is 0. The topological polar surface area (TPSA) is 3.24 Å². The Labute approximate surface area is 277 Å². The van der Waals surface area contributed by atoms with E-state index in [-0.39, 0.29) is 10.8 Å². The van der Waals surface area contributed by atoms with Gasteiger partial charge in [0.2, 0.25) is 0 Å². The summed E-state index contributed by atoms with van der Waals surface area (Å²) in [5.41, 5.74) is 19.7. The number of hydrogen-bond acceptors (Lipinski definition) is 1. The highest BCUT2D eigenvalue weighted by Gasteiger charge is 2.51. The molecule has 0 radical (unpaired) electrons. The molecule has 0 N–H and O–H groups in total. The molecule has 1 nitrogen and oxygen atoms in total. The number of rotatable bonds is 3. The van der Waals surface area contributed by atoms with Crippen molar-refractivity contribution < 1.29 is 0 Å². The van der Waals surface area contributed by atoms with E-state index >= 15 is 0 Å². The number of fused-ring (bicyclic) bond motifs is 13. The summed E-state index contributed by atoms with van der Waals surface area (Å²) in [5, 5.41) is 0. The van der Waals surface area contributed by atoms with Crippen LogP contribution in [0.2, 0.25) is 0 Å². The molecule has 0 heterocycles. The van der Waals surface area contributed by atoms with Crippen LogP contribution in [0.5, 0.6) is 0 Å². The Morgan fingerprint density at radius 2 is 0.915 bits per heavy atom. The van der Waals surface area contributed by atoms with Crippen molar-refractivity contribution in [1.82, 2.24) is 0 Å². The number of allylic oxidation sites excluding steroid dienone is 4. The van der Waals surface area contributed by atoms with Crippen LogP contribution in [0, 0.1) is 0 Å². The first-order valence-corrected chi connectivity index (χ1v) is 16.9. The third kappa shape index (κ3) is 3.44. The van der Waals surface area contributed by atoms with Gasteiger partial charge in [-0.2, -0.15) is 0 Å². The molecule has 6 aromatic rings. The van der Waals surface area contributed by atoms with E-state index in [1.165, 1.54) is 78.2 Å². The van der Waals surface area contributed by atoms with Gasteiger partial charge in [0.05, 0.1) is 5.41 Å². The molecule has 0 bridgehead atoms. The van der Waals surface area contributed by atoms with Crippen molar-refractivity contribution in [2.24, 2.45) is 0 Å². The molecule has 6 aromatic carbocycles. The Hall–Kier alpha value is -5.40. The average molecular weight is 602 g/mol. The summed E-state index contributed by atoms with van der Waals surface area (Å²) in [6.07, 6.45) is 7.17. The molecule has 0 fully saturated rings. The minimum absolute atomic E-state index is 0.0269. The molecular formula is C46H35N. The lowest BCUT2D eigenvalue weighted by atomic mass is 9.70. The third-order valence-corrected chi connectivity index (χ3v) is 11.3. The molecule has 0 aliphatic heterocycles. The Bertz CT molecular complexity index is 2270. The molecule has 0 amide bonds. The second-order valence-corrected chi connectivity index (χ2v) is 14.0. The molecule has 0 atom stereocenters. The van der Waals surface area contributed by atoms with Crippen LogP contribution in [0.25, 0.3) is 27.8 Å². The van der Waals surface area contributed by atoms with Crippen molar-refractivity contribution in [2.45, 2.75) is 37.5 Å². The van der Waals surface area contributed by atoms with E-state index < -0.39 is 0 Å². The number of hydrogen-bond donors (Lipinski definition) is 0. The monoisotopic (exact) mass is 601 g/mol. The van der Waals surface area contributed by atoms with E-state index in [1.807, 2.05) is 0 Å². The van der Waals surface area contributed by atoms with Crippen molar-refractivity contribution in [3.8, 4) is 22.3 Å². The van der Waals surface area contributed by atoms with Crippen LogP contribution in [0.15, 0.2) is 157 Å². The van der Waals surface area contributed by atoms with E-state index in [0.29, 0.717) is 0 Å². The maximum absolute atomic E-state index is 2.49. The van der Waals surface area contributed by atoms with Gasteiger partial charge in [-0.15, -0.1) is 0 Å². The van der Waals surface area contributed by atoms with Crippen LogP contribution in [-0.2, 0) is 10.8 Å². The average Bonchev–Trinajstić information content (AvgIpc) is 3.68. The van der Waals surface area contributed by atoms with Gasteiger partial charge >= 0.3 is 0 Å². The number of nitrogens with zero attached hydrogens (tertiary/aromatic N) is 1. The van der Waals surface area contributed by atoms with Gasteiger partial charge < -0.3 is 4.90 Å². The van der Waals surface area contributed by atoms with Crippen LogP contribution >= 0.6 is 0 Å². The Balaban J connectivity index is 1.23. The fourth-order valence-corrected chi connectivity index (χ4v) is 9.34. The molecule has 0 saturated carbocycles. The Kier molecular flexibility index (Phi) is 5.45. The standard InChI is InChI=1S/C46H35N/c1-45(2)39-20-10-6-16-33(39)37-26-24-31(28-43(37)45)47(30-14-4-3-5-15-30)32-25-27-38-36-19-9-13-23-42(36)46(44(38)29-32)40-21-11-7-17-34(40)35-18-8-12-22-41(35)46/h3-5,7-9,11-29H,6,10H2,1-2H3. The maximum Gasteiger partial charge on any atom is 0.0726 e. The third-order valence-electron chi connectivity index (χ3n) is 11.3. The van der Waals surface area contributed by atoms with E-state index in [4.69, 9.17) is 0 Å². The maximum atomic E-state index is 2.49. The molecule has 47 heavy (non-hydrogen) atoms. The SMILES string of the molecule is CC1(C)C2=CCCC=C2c2ccc(N(c3ccccc3)c3ccc4c(c3)C3(c5ccccc5-c5ccccc53)c3ccccc3-4)cc21. The van der Waals surface area contributed by atoms with Crippen LogP contribution in [0.1, 0.15) is 60.1 Å².